The summed E-state index contributed by atoms with van der Waals surface area (Å²) < 4.78 is 11.0. The molecule has 3 saturated heterocycles. The molecule has 0 spiro atoms. The van der Waals surface area contributed by atoms with Gasteiger partial charge in [-0.15, -0.1) is 0 Å². The topological polar surface area (TPSA) is 66.1 Å². The molecule has 0 unspecified atom stereocenters. The standard InChI is InChI=1S/C23H32N4O3/c1-15(2)25-16-3-4-21-19(11-16)22(23(28)27(21)17-5-9-29-10-6-17)20-12-26(8-7-24-20)18-13-30-14-18/h3-4,11,15,17-18,24-25H,5-10,12-14H2,1-2H3/b22-20-. The van der Waals surface area contributed by atoms with Gasteiger partial charge in [-0.3, -0.25) is 9.69 Å². The number of carbonyl (C=O) groups excluding carboxylic acids is 1. The lowest BCUT2D eigenvalue weighted by Gasteiger charge is -2.40. The molecule has 7 heteroatoms. The number of carbonyl (C=O) groups is 1. The van der Waals surface area contributed by atoms with E-state index in [0.29, 0.717) is 12.1 Å². The molecule has 2 N–H and O–H groups in total. The Bertz CT molecular complexity index is 843. The van der Waals surface area contributed by atoms with Crippen molar-refractivity contribution >= 4 is 22.9 Å². The van der Waals surface area contributed by atoms with Crippen LogP contribution in [0, 0.1) is 0 Å². The first kappa shape index (κ1) is 19.8. The molecule has 0 aliphatic carbocycles. The van der Waals surface area contributed by atoms with Gasteiger partial charge >= 0.3 is 0 Å². The van der Waals surface area contributed by atoms with Gasteiger partial charge in [-0.05, 0) is 44.9 Å². The maximum atomic E-state index is 13.8. The zero-order chi connectivity index (χ0) is 20.7. The monoisotopic (exact) mass is 412 g/mol. The summed E-state index contributed by atoms with van der Waals surface area (Å²) in [5.74, 6) is 0.132. The summed E-state index contributed by atoms with van der Waals surface area (Å²) in [6, 6.07) is 7.37. The molecule has 4 aliphatic heterocycles. The van der Waals surface area contributed by atoms with E-state index in [4.69, 9.17) is 9.47 Å². The van der Waals surface area contributed by atoms with Gasteiger partial charge in [0.2, 0.25) is 0 Å². The van der Waals surface area contributed by atoms with Crippen molar-refractivity contribution in [1.82, 2.24) is 10.2 Å². The van der Waals surface area contributed by atoms with E-state index < -0.39 is 0 Å². The summed E-state index contributed by atoms with van der Waals surface area (Å²) in [6.07, 6.45) is 1.78. The lowest BCUT2D eigenvalue weighted by molar-refractivity contribution is -0.113. The van der Waals surface area contributed by atoms with E-state index in [9.17, 15) is 4.79 Å². The number of anilines is 2. The van der Waals surface area contributed by atoms with Gasteiger partial charge in [-0.25, -0.2) is 0 Å². The summed E-state index contributed by atoms with van der Waals surface area (Å²) in [5.41, 5.74) is 5.04. The van der Waals surface area contributed by atoms with Crippen LogP contribution in [0.25, 0.3) is 5.57 Å². The number of fused-ring (bicyclic) bond motifs is 1. The number of hydrogen-bond donors (Lipinski definition) is 2. The van der Waals surface area contributed by atoms with Crippen LogP contribution < -0.4 is 15.5 Å². The molecule has 162 valence electrons. The zero-order valence-electron chi connectivity index (χ0n) is 17.9. The van der Waals surface area contributed by atoms with Gasteiger partial charge in [-0.2, -0.15) is 0 Å². The molecule has 4 heterocycles. The van der Waals surface area contributed by atoms with Crippen LogP contribution in [0.5, 0.6) is 0 Å². The molecule has 1 aromatic carbocycles. The molecular weight excluding hydrogens is 380 g/mol. The van der Waals surface area contributed by atoms with Crippen molar-refractivity contribution < 1.29 is 14.3 Å². The lowest BCUT2D eigenvalue weighted by atomic mass is 10.0. The third kappa shape index (κ3) is 3.59. The first-order valence-corrected chi connectivity index (χ1v) is 11.2. The lowest BCUT2D eigenvalue weighted by Crippen LogP contribution is -2.55. The number of amides is 1. The van der Waals surface area contributed by atoms with Crippen molar-refractivity contribution in [3.63, 3.8) is 0 Å². The second-order valence-corrected chi connectivity index (χ2v) is 8.99. The molecule has 5 rings (SSSR count). The first-order valence-electron chi connectivity index (χ1n) is 11.2. The predicted molar refractivity (Wildman–Crippen MR) is 118 cm³/mol. The molecule has 3 fully saturated rings. The highest BCUT2D eigenvalue weighted by atomic mass is 16.5. The van der Waals surface area contributed by atoms with Crippen molar-refractivity contribution in [2.24, 2.45) is 0 Å². The molecule has 0 aromatic heterocycles. The van der Waals surface area contributed by atoms with E-state index in [1.54, 1.807) is 0 Å². The van der Waals surface area contributed by atoms with Crippen molar-refractivity contribution in [2.75, 3.05) is 56.3 Å². The van der Waals surface area contributed by atoms with Crippen molar-refractivity contribution in [1.29, 1.82) is 0 Å². The highest BCUT2D eigenvalue weighted by molar-refractivity contribution is 6.33. The molecule has 1 aromatic rings. The Balaban J connectivity index is 1.54. The van der Waals surface area contributed by atoms with Crippen LogP contribution in [0.1, 0.15) is 32.3 Å². The molecule has 30 heavy (non-hydrogen) atoms. The average Bonchev–Trinajstić information content (AvgIpc) is 2.98. The number of piperazine rings is 1. The molecule has 7 nitrogen and oxygen atoms in total. The van der Waals surface area contributed by atoms with E-state index in [2.05, 4.69) is 47.6 Å². The summed E-state index contributed by atoms with van der Waals surface area (Å²) in [4.78, 5) is 18.3. The number of nitrogens with zero attached hydrogens (tertiary/aromatic N) is 2. The Morgan fingerprint density at radius 2 is 1.93 bits per heavy atom. The Hall–Kier alpha value is -2.09. The van der Waals surface area contributed by atoms with Gasteiger partial charge in [0.05, 0.1) is 30.5 Å². The van der Waals surface area contributed by atoms with Gasteiger partial charge in [0.1, 0.15) is 0 Å². The van der Waals surface area contributed by atoms with Crippen LogP contribution in [-0.2, 0) is 14.3 Å². The second-order valence-electron chi connectivity index (χ2n) is 8.99. The Morgan fingerprint density at radius 3 is 2.63 bits per heavy atom. The van der Waals surface area contributed by atoms with Gasteiger partial charge in [-0.1, -0.05) is 0 Å². The fourth-order valence-corrected chi connectivity index (χ4v) is 4.91. The summed E-state index contributed by atoms with van der Waals surface area (Å²) in [7, 11) is 0. The van der Waals surface area contributed by atoms with Gasteiger partial charge in [0.15, 0.2) is 0 Å². The predicted octanol–water partition coefficient (Wildman–Crippen LogP) is 2.05. The second kappa shape index (κ2) is 8.21. The molecule has 4 aliphatic rings. The number of rotatable bonds is 4. The number of ether oxygens (including phenoxy) is 2. The van der Waals surface area contributed by atoms with E-state index in [1.165, 1.54) is 0 Å². The SMILES string of the molecule is CC(C)Nc1ccc2c(c1)/C(=C1\CN(C3COC3)CCN1)C(=O)N2C1CCOCC1. The van der Waals surface area contributed by atoms with Gasteiger partial charge in [0, 0.05) is 61.9 Å². The highest BCUT2D eigenvalue weighted by Gasteiger charge is 2.40. The normalized spacial score (nSPS) is 26.0. The van der Waals surface area contributed by atoms with Crippen LogP contribution in [0.15, 0.2) is 23.9 Å². The third-order valence-corrected chi connectivity index (χ3v) is 6.51. The van der Waals surface area contributed by atoms with Crippen LogP contribution in [-0.4, -0.2) is 75.0 Å². The maximum absolute atomic E-state index is 13.8. The van der Waals surface area contributed by atoms with Crippen molar-refractivity contribution in [3.8, 4) is 0 Å². The Labute approximate surface area is 178 Å². The zero-order valence-corrected chi connectivity index (χ0v) is 17.9. The minimum Gasteiger partial charge on any atom is -0.385 e. The highest BCUT2D eigenvalue weighted by Crippen LogP contribution is 2.42. The smallest absolute Gasteiger partial charge is 0.261 e. The van der Waals surface area contributed by atoms with Crippen LogP contribution in [0.2, 0.25) is 0 Å². The number of nitrogens with one attached hydrogen (secondary N) is 2. The minimum atomic E-state index is 0.132. The molecule has 1 amide bonds. The van der Waals surface area contributed by atoms with Gasteiger partial charge in [0.25, 0.3) is 5.91 Å². The van der Waals surface area contributed by atoms with Gasteiger partial charge < -0.3 is 25.0 Å². The quantitative estimate of drug-likeness (QED) is 0.738. The van der Waals surface area contributed by atoms with Crippen LogP contribution >= 0.6 is 0 Å². The molecule has 0 atom stereocenters. The van der Waals surface area contributed by atoms with Crippen molar-refractivity contribution in [3.05, 3.63) is 29.5 Å². The van der Waals surface area contributed by atoms with E-state index in [1.807, 2.05) is 4.90 Å². The van der Waals surface area contributed by atoms with Crippen LogP contribution in [0.4, 0.5) is 11.4 Å². The summed E-state index contributed by atoms with van der Waals surface area (Å²) in [5, 5.41) is 7.05. The largest absolute Gasteiger partial charge is 0.385 e. The Kier molecular flexibility index (Phi) is 5.43. The van der Waals surface area contributed by atoms with Crippen LogP contribution in [0.3, 0.4) is 0 Å². The molecule has 0 bridgehead atoms. The molecule has 0 saturated carbocycles. The van der Waals surface area contributed by atoms with E-state index >= 15 is 0 Å². The molecule has 0 radical (unpaired) electrons. The third-order valence-electron chi connectivity index (χ3n) is 6.51. The fraction of sp³-hybridized carbons (Fsp3) is 0.609. The summed E-state index contributed by atoms with van der Waals surface area (Å²) in [6.45, 7) is 9.92. The Morgan fingerprint density at radius 1 is 1.13 bits per heavy atom. The molecular formula is C23H32N4O3. The van der Waals surface area contributed by atoms with E-state index in [-0.39, 0.29) is 11.9 Å². The fourth-order valence-electron chi connectivity index (χ4n) is 4.91. The summed E-state index contributed by atoms with van der Waals surface area (Å²) >= 11 is 0. The average molecular weight is 413 g/mol. The van der Waals surface area contributed by atoms with E-state index in [0.717, 1.165) is 87.1 Å². The minimum absolute atomic E-state index is 0.132. The number of hydrogen-bond acceptors (Lipinski definition) is 6. The maximum Gasteiger partial charge on any atom is 0.261 e. The van der Waals surface area contributed by atoms with Crippen molar-refractivity contribution in [2.45, 2.75) is 44.8 Å². The number of benzene rings is 1. The first-order chi connectivity index (χ1) is 14.6.